The van der Waals surface area contributed by atoms with E-state index in [4.69, 9.17) is 13.9 Å². The number of rotatable bonds is 8. The second-order valence-electron chi connectivity index (χ2n) is 9.59. The maximum Gasteiger partial charge on any atom is 0.351 e. The van der Waals surface area contributed by atoms with Crippen LogP contribution in [0.15, 0.2) is 138 Å². The van der Waals surface area contributed by atoms with E-state index >= 15 is 0 Å². The molecular formula is C36H28O4. The molecule has 0 fully saturated rings. The highest BCUT2D eigenvalue weighted by Crippen LogP contribution is 2.37. The Balaban J connectivity index is 1.26. The van der Waals surface area contributed by atoms with Crippen LogP contribution in [0.4, 0.5) is 0 Å². The minimum absolute atomic E-state index is 0.440. The highest BCUT2D eigenvalue weighted by atomic mass is 16.6. The van der Waals surface area contributed by atoms with Crippen LogP contribution in [0.3, 0.4) is 0 Å². The maximum absolute atomic E-state index is 12.4. The van der Waals surface area contributed by atoms with E-state index in [1.807, 2.05) is 78.9 Å². The topological polar surface area (TPSA) is 48.7 Å². The zero-order valence-corrected chi connectivity index (χ0v) is 22.1. The Morgan fingerprint density at radius 3 is 1.93 bits per heavy atom. The zero-order chi connectivity index (χ0) is 27.3. The molecule has 0 unspecified atom stereocenters. The van der Waals surface area contributed by atoms with Crippen LogP contribution >= 0.6 is 0 Å². The van der Waals surface area contributed by atoms with E-state index in [2.05, 4.69) is 54.6 Å². The summed E-state index contributed by atoms with van der Waals surface area (Å²) >= 11 is 0. The summed E-state index contributed by atoms with van der Waals surface area (Å²) in [6.45, 7) is 0. The van der Waals surface area contributed by atoms with Crippen molar-refractivity contribution in [2.24, 2.45) is 0 Å². The SMILES string of the molecule is COC(=O)[C@H](Oc1ccc(-c2ccc(-c3c(Cc4ccccc4)oc4ccccc34)cc2)cc1)c1ccccc1. The van der Waals surface area contributed by atoms with Gasteiger partial charge in [0.2, 0.25) is 6.10 Å². The van der Waals surface area contributed by atoms with Gasteiger partial charge in [0.15, 0.2) is 0 Å². The number of hydrogen-bond donors (Lipinski definition) is 0. The summed E-state index contributed by atoms with van der Waals surface area (Å²) in [6, 6.07) is 44.2. The number of hydrogen-bond acceptors (Lipinski definition) is 4. The number of carbonyl (C=O) groups is 1. The van der Waals surface area contributed by atoms with Crippen LogP contribution in [0.1, 0.15) is 23.0 Å². The third-order valence-electron chi connectivity index (χ3n) is 7.01. The molecule has 196 valence electrons. The Morgan fingerprint density at radius 1 is 0.675 bits per heavy atom. The largest absolute Gasteiger partial charge is 0.474 e. The molecule has 0 N–H and O–H groups in total. The fourth-order valence-electron chi connectivity index (χ4n) is 5.00. The van der Waals surface area contributed by atoms with E-state index in [1.54, 1.807) is 0 Å². The molecule has 0 aliphatic carbocycles. The van der Waals surface area contributed by atoms with Gasteiger partial charge in [0, 0.05) is 22.9 Å². The predicted molar refractivity (Wildman–Crippen MR) is 158 cm³/mol. The minimum Gasteiger partial charge on any atom is -0.474 e. The Kier molecular flexibility index (Phi) is 7.14. The molecule has 4 heteroatoms. The average molecular weight is 525 g/mol. The van der Waals surface area contributed by atoms with Crippen LogP contribution in [0.5, 0.6) is 5.75 Å². The van der Waals surface area contributed by atoms with Crippen LogP contribution in [-0.4, -0.2) is 13.1 Å². The van der Waals surface area contributed by atoms with Gasteiger partial charge in [0.1, 0.15) is 17.1 Å². The lowest BCUT2D eigenvalue weighted by atomic mass is 9.96. The fraction of sp³-hybridized carbons (Fsp3) is 0.0833. The Bertz CT molecular complexity index is 1720. The molecule has 1 heterocycles. The zero-order valence-electron chi connectivity index (χ0n) is 22.1. The predicted octanol–water partition coefficient (Wildman–Crippen LogP) is 8.65. The number of furan rings is 1. The lowest BCUT2D eigenvalue weighted by Crippen LogP contribution is -2.20. The second-order valence-corrected chi connectivity index (χ2v) is 9.59. The van der Waals surface area contributed by atoms with Crippen molar-refractivity contribution in [3.63, 3.8) is 0 Å². The van der Waals surface area contributed by atoms with E-state index in [9.17, 15) is 4.79 Å². The van der Waals surface area contributed by atoms with E-state index in [0.717, 1.165) is 51.0 Å². The number of esters is 1. The van der Waals surface area contributed by atoms with Gasteiger partial charge in [0.25, 0.3) is 0 Å². The van der Waals surface area contributed by atoms with E-state index in [0.29, 0.717) is 5.75 Å². The molecule has 40 heavy (non-hydrogen) atoms. The first-order valence-corrected chi connectivity index (χ1v) is 13.2. The van der Waals surface area contributed by atoms with Crippen molar-refractivity contribution in [1.82, 2.24) is 0 Å². The average Bonchev–Trinajstić information content (AvgIpc) is 3.38. The molecule has 1 aromatic heterocycles. The number of carbonyl (C=O) groups excluding carboxylic acids is 1. The van der Waals surface area contributed by atoms with Gasteiger partial charge in [-0.3, -0.25) is 0 Å². The summed E-state index contributed by atoms with van der Waals surface area (Å²) in [4.78, 5) is 12.4. The second kappa shape index (κ2) is 11.3. The normalized spacial score (nSPS) is 11.7. The Morgan fingerprint density at radius 2 is 1.25 bits per heavy atom. The first-order chi connectivity index (χ1) is 19.7. The first kappa shape index (κ1) is 25.2. The summed E-state index contributed by atoms with van der Waals surface area (Å²) < 4.78 is 17.3. The minimum atomic E-state index is -0.828. The molecule has 5 aromatic carbocycles. The van der Waals surface area contributed by atoms with Crippen LogP contribution in [0.2, 0.25) is 0 Å². The van der Waals surface area contributed by atoms with Crippen LogP contribution < -0.4 is 4.74 Å². The molecule has 1 atom stereocenters. The Labute approximate surface area is 233 Å². The highest BCUT2D eigenvalue weighted by molar-refractivity contribution is 5.96. The molecule has 4 nitrogen and oxygen atoms in total. The lowest BCUT2D eigenvalue weighted by Gasteiger charge is -2.17. The molecule has 0 radical (unpaired) electrons. The molecule has 6 aromatic rings. The van der Waals surface area contributed by atoms with E-state index < -0.39 is 12.1 Å². The number of benzene rings is 5. The van der Waals surface area contributed by atoms with E-state index in [-0.39, 0.29) is 0 Å². The van der Waals surface area contributed by atoms with Crippen molar-refractivity contribution in [2.75, 3.05) is 7.11 Å². The number of ether oxygens (including phenoxy) is 2. The third kappa shape index (κ3) is 5.25. The molecule has 0 saturated carbocycles. The smallest absolute Gasteiger partial charge is 0.351 e. The molecule has 0 amide bonds. The Hall–Kier alpha value is -5.09. The molecule has 0 bridgehead atoms. The van der Waals surface area contributed by atoms with Gasteiger partial charge in [-0.15, -0.1) is 0 Å². The maximum atomic E-state index is 12.4. The van der Waals surface area contributed by atoms with Crippen molar-refractivity contribution < 1.29 is 18.7 Å². The summed E-state index contributed by atoms with van der Waals surface area (Å²) in [5.74, 6) is 1.11. The summed E-state index contributed by atoms with van der Waals surface area (Å²) in [6.07, 6.45) is -0.102. The molecule has 0 spiro atoms. The van der Waals surface area contributed by atoms with Gasteiger partial charge in [-0.1, -0.05) is 115 Å². The van der Waals surface area contributed by atoms with Crippen molar-refractivity contribution >= 4 is 16.9 Å². The molecule has 0 aliphatic rings. The van der Waals surface area contributed by atoms with Gasteiger partial charge in [-0.05, 0) is 40.5 Å². The van der Waals surface area contributed by atoms with Gasteiger partial charge >= 0.3 is 5.97 Å². The molecule has 6 rings (SSSR count). The van der Waals surface area contributed by atoms with E-state index in [1.165, 1.54) is 12.7 Å². The number of fused-ring (bicyclic) bond motifs is 1. The van der Waals surface area contributed by atoms with Gasteiger partial charge in [-0.2, -0.15) is 0 Å². The number of methoxy groups -OCH3 is 1. The van der Waals surface area contributed by atoms with Crippen molar-refractivity contribution in [1.29, 1.82) is 0 Å². The van der Waals surface area contributed by atoms with Crippen LogP contribution in [0.25, 0.3) is 33.2 Å². The number of para-hydroxylation sites is 1. The van der Waals surface area contributed by atoms with Crippen LogP contribution in [-0.2, 0) is 16.0 Å². The molecule has 0 aliphatic heterocycles. The van der Waals surface area contributed by atoms with Gasteiger partial charge in [-0.25, -0.2) is 4.79 Å². The van der Waals surface area contributed by atoms with Crippen molar-refractivity contribution in [3.8, 4) is 28.0 Å². The quantitative estimate of drug-likeness (QED) is 0.187. The standard InChI is InChI=1S/C36H28O4/c1-38-36(37)35(29-12-6-3-7-13-29)39-30-22-20-27(21-23-30)26-16-18-28(19-17-26)34-31-14-8-9-15-32(31)40-33(34)24-25-10-4-2-5-11-25/h2-23,35H,24H2,1H3/t35-/m1/s1. The van der Waals surface area contributed by atoms with Gasteiger partial charge in [0.05, 0.1) is 7.11 Å². The summed E-state index contributed by atoms with van der Waals surface area (Å²) in [5, 5.41) is 1.11. The molecule has 0 saturated heterocycles. The summed E-state index contributed by atoms with van der Waals surface area (Å²) in [5.41, 5.74) is 7.22. The third-order valence-corrected chi connectivity index (χ3v) is 7.01. The van der Waals surface area contributed by atoms with Crippen molar-refractivity contribution in [2.45, 2.75) is 12.5 Å². The lowest BCUT2D eigenvalue weighted by molar-refractivity contribution is -0.149. The van der Waals surface area contributed by atoms with Gasteiger partial charge < -0.3 is 13.9 Å². The molecular weight excluding hydrogens is 496 g/mol. The highest BCUT2D eigenvalue weighted by Gasteiger charge is 2.23. The first-order valence-electron chi connectivity index (χ1n) is 13.2. The monoisotopic (exact) mass is 524 g/mol. The van der Waals surface area contributed by atoms with Crippen LogP contribution in [0, 0.1) is 0 Å². The van der Waals surface area contributed by atoms with Crippen molar-refractivity contribution in [3.05, 3.63) is 150 Å². The summed E-state index contributed by atoms with van der Waals surface area (Å²) in [7, 11) is 1.37. The fourth-order valence-corrected chi connectivity index (χ4v) is 5.00.